The molecule has 2 nitrogen and oxygen atoms in total. The highest BCUT2D eigenvalue weighted by atomic mass is 16.1. The average Bonchev–Trinajstić information content (AvgIpc) is 2.19. The van der Waals surface area contributed by atoms with Crippen LogP contribution in [0, 0.1) is 0 Å². The van der Waals surface area contributed by atoms with E-state index < -0.39 is 0 Å². The summed E-state index contributed by atoms with van der Waals surface area (Å²) in [5.74, 6) is 0.214. The zero-order chi connectivity index (χ0) is 10.4. The molecule has 1 N–H and O–H groups in total. The van der Waals surface area contributed by atoms with Crippen molar-refractivity contribution in [2.24, 2.45) is 0 Å². The van der Waals surface area contributed by atoms with E-state index in [1.807, 2.05) is 18.4 Å². The second kappa shape index (κ2) is 5.43. The van der Waals surface area contributed by atoms with Crippen LogP contribution in [-0.2, 0) is 4.79 Å². The van der Waals surface area contributed by atoms with Crippen molar-refractivity contribution in [3.8, 4) is 0 Å². The molecule has 0 radical (unpaired) electrons. The maximum absolute atomic E-state index is 11.0. The van der Waals surface area contributed by atoms with E-state index in [2.05, 4.69) is 24.4 Å². The number of hydrogen-bond donors (Lipinski definition) is 1. The maximum Gasteiger partial charge on any atom is 0.133 e. The molecule has 0 saturated carbocycles. The molecule has 0 aromatic heterocycles. The number of ketones is 1. The molecule has 1 aliphatic rings. The van der Waals surface area contributed by atoms with Crippen LogP contribution in [0.5, 0.6) is 0 Å². The van der Waals surface area contributed by atoms with Crippen LogP contribution in [0.3, 0.4) is 0 Å². The minimum absolute atomic E-state index is 0.214. The van der Waals surface area contributed by atoms with Crippen molar-refractivity contribution in [3.63, 3.8) is 0 Å². The third kappa shape index (κ3) is 4.08. The minimum atomic E-state index is 0.214. The van der Waals surface area contributed by atoms with Crippen molar-refractivity contribution in [2.75, 3.05) is 0 Å². The summed E-state index contributed by atoms with van der Waals surface area (Å²) >= 11 is 0. The van der Waals surface area contributed by atoms with Gasteiger partial charge in [-0.2, -0.15) is 0 Å². The summed E-state index contributed by atoms with van der Waals surface area (Å²) in [5.41, 5.74) is 1.14. The van der Waals surface area contributed by atoms with E-state index in [0.717, 1.165) is 12.0 Å². The van der Waals surface area contributed by atoms with Gasteiger partial charge in [-0.05, 0) is 32.0 Å². The van der Waals surface area contributed by atoms with Crippen LogP contribution >= 0.6 is 0 Å². The highest BCUT2D eigenvalue weighted by molar-refractivity contribution is 5.78. The number of nitrogens with one attached hydrogen (secondary N) is 1. The number of carbonyl (C=O) groups is 1. The van der Waals surface area contributed by atoms with Crippen molar-refractivity contribution in [1.29, 1.82) is 0 Å². The lowest BCUT2D eigenvalue weighted by atomic mass is 10.1. The van der Waals surface area contributed by atoms with Crippen LogP contribution in [0.25, 0.3) is 0 Å². The Labute approximate surface area is 85.4 Å². The number of hydrogen-bond acceptors (Lipinski definition) is 2. The highest BCUT2D eigenvalue weighted by Crippen LogP contribution is 2.09. The third-order valence-electron chi connectivity index (χ3n) is 2.05. The lowest BCUT2D eigenvalue weighted by Gasteiger charge is -2.07. The average molecular weight is 191 g/mol. The third-order valence-corrected chi connectivity index (χ3v) is 2.05. The molecule has 2 heteroatoms. The smallest absolute Gasteiger partial charge is 0.133 e. The van der Waals surface area contributed by atoms with E-state index in [-0.39, 0.29) is 5.78 Å². The Morgan fingerprint density at radius 3 is 3.07 bits per heavy atom. The second-order valence-corrected chi connectivity index (χ2v) is 3.65. The number of carbonyl (C=O) groups excluding carboxylic acids is 1. The van der Waals surface area contributed by atoms with Gasteiger partial charge >= 0.3 is 0 Å². The number of allylic oxidation sites excluding steroid dienone is 4. The first-order chi connectivity index (χ1) is 6.68. The first kappa shape index (κ1) is 10.8. The van der Waals surface area contributed by atoms with Crippen molar-refractivity contribution in [2.45, 2.75) is 32.7 Å². The van der Waals surface area contributed by atoms with Crippen molar-refractivity contribution in [3.05, 3.63) is 36.1 Å². The predicted octanol–water partition coefficient (Wildman–Crippen LogP) is 2.34. The van der Waals surface area contributed by atoms with Crippen LogP contribution in [0.4, 0.5) is 0 Å². The van der Waals surface area contributed by atoms with E-state index >= 15 is 0 Å². The first-order valence-electron chi connectivity index (χ1n) is 4.95. The zero-order valence-corrected chi connectivity index (χ0v) is 8.79. The highest BCUT2D eigenvalue weighted by Gasteiger charge is 2.01. The molecule has 76 valence electrons. The van der Waals surface area contributed by atoms with Gasteiger partial charge in [-0.15, -0.1) is 0 Å². The molecule has 0 fully saturated rings. The van der Waals surface area contributed by atoms with Gasteiger partial charge in [-0.25, -0.2) is 0 Å². The van der Waals surface area contributed by atoms with Crippen molar-refractivity contribution in [1.82, 2.24) is 5.32 Å². The van der Waals surface area contributed by atoms with Crippen LogP contribution < -0.4 is 5.32 Å². The molecule has 0 amide bonds. The molecule has 1 rings (SSSR count). The van der Waals surface area contributed by atoms with E-state index in [1.165, 1.54) is 0 Å². The minimum Gasteiger partial charge on any atom is -0.385 e. The molecule has 0 saturated heterocycles. The molecule has 1 heterocycles. The van der Waals surface area contributed by atoms with E-state index in [0.29, 0.717) is 12.5 Å². The predicted molar refractivity (Wildman–Crippen MR) is 58.9 cm³/mol. The topological polar surface area (TPSA) is 29.1 Å². The summed E-state index contributed by atoms with van der Waals surface area (Å²) in [6.07, 6.45) is 11.6. The molecule has 0 bridgehead atoms. The SMILES string of the molecule is CC(=O)C/C1=C/NC(C)/C=C\C=C/C1. The van der Waals surface area contributed by atoms with Gasteiger partial charge in [0, 0.05) is 12.5 Å². The summed E-state index contributed by atoms with van der Waals surface area (Å²) in [4.78, 5) is 11.0. The largest absolute Gasteiger partial charge is 0.385 e. The van der Waals surface area contributed by atoms with E-state index in [1.54, 1.807) is 6.92 Å². The summed E-state index contributed by atoms with van der Waals surface area (Å²) < 4.78 is 0. The molecule has 0 aliphatic carbocycles. The molecular weight excluding hydrogens is 174 g/mol. The number of Topliss-reactive ketones (excluding diaryl/α,β-unsaturated/α-hetero) is 1. The van der Waals surface area contributed by atoms with Gasteiger partial charge in [0.05, 0.1) is 0 Å². The monoisotopic (exact) mass is 191 g/mol. The van der Waals surface area contributed by atoms with Crippen molar-refractivity contribution < 1.29 is 4.79 Å². The fourth-order valence-corrected chi connectivity index (χ4v) is 1.34. The first-order valence-corrected chi connectivity index (χ1v) is 4.95. The van der Waals surface area contributed by atoms with Crippen LogP contribution in [-0.4, -0.2) is 11.8 Å². The van der Waals surface area contributed by atoms with Gasteiger partial charge < -0.3 is 5.32 Å². The Bertz CT molecular complexity index is 287. The van der Waals surface area contributed by atoms with Crippen molar-refractivity contribution >= 4 is 5.78 Å². The second-order valence-electron chi connectivity index (χ2n) is 3.65. The lowest BCUT2D eigenvalue weighted by Crippen LogP contribution is -2.18. The zero-order valence-electron chi connectivity index (χ0n) is 8.79. The molecule has 1 aliphatic heterocycles. The maximum atomic E-state index is 11.0. The molecule has 0 aromatic rings. The molecule has 14 heavy (non-hydrogen) atoms. The summed E-state index contributed by atoms with van der Waals surface area (Å²) in [6, 6.07) is 0.319. The Morgan fingerprint density at radius 2 is 2.36 bits per heavy atom. The summed E-state index contributed by atoms with van der Waals surface area (Å²) in [5, 5.41) is 3.24. The quantitative estimate of drug-likeness (QED) is 0.726. The lowest BCUT2D eigenvalue weighted by molar-refractivity contribution is -0.116. The van der Waals surface area contributed by atoms with E-state index in [9.17, 15) is 4.79 Å². The standard InChI is InChI=1S/C12H17NO/c1-10-6-4-3-5-7-12(9-13-10)8-11(2)14/h3-6,9-10,13H,7-8H2,1-2H3/b5-3-,6-4-,12-9+. The van der Waals surface area contributed by atoms with Gasteiger partial charge in [0.15, 0.2) is 0 Å². The summed E-state index contributed by atoms with van der Waals surface area (Å²) in [7, 11) is 0. The van der Waals surface area contributed by atoms with Gasteiger partial charge in [0.2, 0.25) is 0 Å². The normalized spacial score (nSPS) is 29.9. The molecule has 0 aromatic carbocycles. The Hall–Kier alpha value is -1.31. The molecule has 0 spiro atoms. The van der Waals surface area contributed by atoms with E-state index in [4.69, 9.17) is 0 Å². The fraction of sp³-hybridized carbons (Fsp3) is 0.417. The van der Waals surface area contributed by atoms with Gasteiger partial charge in [0.1, 0.15) is 5.78 Å². The Balaban J connectivity index is 2.65. The molecular formula is C12H17NO. The van der Waals surface area contributed by atoms with Crippen LogP contribution in [0.1, 0.15) is 26.7 Å². The number of rotatable bonds is 2. The molecule has 1 atom stereocenters. The van der Waals surface area contributed by atoms with Gasteiger partial charge in [-0.3, -0.25) is 4.79 Å². The van der Waals surface area contributed by atoms with Crippen LogP contribution in [0.2, 0.25) is 0 Å². The molecule has 1 unspecified atom stereocenters. The fourth-order valence-electron chi connectivity index (χ4n) is 1.34. The summed E-state index contributed by atoms with van der Waals surface area (Å²) in [6.45, 7) is 3.70. The van der Waals surface area contributed by atoms with Gasteiger partial charge in [-0.1, -0.05) is 24.3 Å². The van der Waals surface area contributed by atoms with Gasteiger partial charge in [0.25, 0.3) is 0 Å². The van der Waals surface area contributed by atoms with Crippen LogP contribution in [0.15, 0.2) is 36.1 Å². The Kier molecular flexibility index (Phi) is 4.17. The Morgan fingerprint density at radius 1 is 1.57 bits per heavy atom.